The quantitative estimate of drug-likeness (QED) is 0.476. The van der Waals surface area contributed by atoms with Crippen molar-refractivity contribution in [2.75, 3.05) is 13.2 Å². The van der Waals surface area contributed by atoms with Gasteiger partial charge in [-0.05, 0) is 55.4 Å². The molecule has 1 aromatic carbocycles. The van der Waals surface area contributed by atoms with Crippen molar-refractivity contribution in [1.82, 2.24) is 24.3 Å². The Kier molecular flexibility index (Phi) is 7.46. The molecule has 0 fully saturated rings. The highest BCUT2D eigenvalue weighted by Gasteiger charge is 2.31. The second-order valence-corrected chi connectivity index (χ2v) is 10.5. The monoisotopic (exact) mass is 499 g/mol. The minimum Gasteiger partial charge on any atom is -0.491 e. The van der Waals surface area contributed by atoms with E-state index in [0.717, 1.165) is 28.9 Å². The molecule has 1 atom stereocenters. The van der Waals surface area contributed by atoms with Crippen molar-refractivity contribution >= 4 is 16.0 Å². The van der Waals surface area contributed by atoms with Crippen molar-refractivity contribution in [2.45, 2.75) is 57.0 Å². The highest BCUT2D eigenvalue weighted by atomic mass is 32.2. The maximum Gasteiger partial charge on any atom is 0.303 e. The van der Waals surface area contributed by atoms with Crippen LogP contribution in [0.5, 0.6) is 5.75 Å². The lowest BCUT2D eigenvalue weighted by atomic mass is 9.88. The number of aliphatic carboxylic acids is 1. The summed E-state index contributed by atoms with van der Waals surface area (Å²) >= 11 is 0. The molecular weight excluding hydrogens is 470 g/mol. The lowest BCUT2D eigenvalue weighted by Gasteiger charge is -2.22. The molecule has 3 heterocycles. The van der Waals surface area contributed by atoms with Gasteiger partial charge in [-0.3, -0.25) is 14.5 Å². The lowest BCUT2D eigenvalue weighted by molar-refractivity contribution is -0.137. The van der Waals surface area contributed by atoms with E-state index in [0.29, 0.717) is 18.6 Å². The average molecular weight is 500 g/mol. The van der Waals surface area contributed by atoms with Crippen molar-refractivity contribution in [1.29, 1.82) is 0 Å². The van der Waals surface area contributed by atoms with E-state index in [1.54, 1.807) is 10.7 Å². The van der Waals surface area contributed by atoms with E-state index in [2.05, 4.69) is 15.3 Å². The molecule has 4 rings (SSSR count). The molecule has 10 nitrogen and oxygen atoms in total. The van der Waals surface area contributed by atoms with Crippen molar-refractivity contribution in [3.63, 3.8) is 0 Å². The Morgan fingerprint density at radius 2 is 2.11 bits per heavy atom. The van der Waals surface area contributed by atoms with Crippen LogP contribution in [0.2, 0.25) is 0 Å². The minimum atomic E-state index is -3.80. The maximum absolute atomic E-state index is 13.3. The van der Waals surface area contributed by atoms with Crippen LogP contribution in [0, 0.1) is 6.92 Å². The van der Waals surface area contributed by atoms with E-state index in [-0.39, 0.29) is 36.9 Å². The average Bonchev–Trinajstić information content (AvgIpc) is 3.25. The molecule has 0 aliphatic carbocycles. The fraction of sp³-hybridized carbons (Fsp3) is 0.417. The summed E-state index contributed by atoms with van der Waals surface area (Å²) in [5, 5.41) is 17.7. The Morgan fingerprint density at radius 3 is 2.86 bits per heavy atom. The topological polar surface area (TPSA) is 128 Å². The van der Waals surface area contributed by atoms with Gasteiger partial charge in [0.25, 0.3) is 0 Å². The first kappa shape index (κ1) is 24.8. The number of hydrogen-bond acceptors (Lipinski definition) is 7. The molecule has 35 heavy (non-hydrogen) atoms. The Labute approximate surface area is 204 Å². The van der Waals surface area contributed by atoms with Crippen molar-refractivity contribution in [2.24, 2.45) is 0 Å². The molecular formula is C24H29N5O5S. The number of carboxylic acid groups (broad SMARTS) is 1. The Morgan fingerprint density at radius 1 is 1.29 bits per heavy atom. The third kappa shape index (κ3) is 5.68. The number of aryl methyl sites for hydroxylation is 3. The molecule has 0 bridgehead atoms. The van der Waals surface area contributed by atoms with Gasteiger partial charge in [-0.25, -0.2) is 8.42 Å². The molecule has 0 saturated heterocycles. The second-order valence-electron chi connectivity index (χ2n) is 8.59. The van der Waals surface area contributed by atoms with E-state index in [4.69, 9.17) is 4.74 Å². The van der Waals surface area contributed by atoms with Crippen LogP contribution in [0.25, 0.3) is 0 Å². The standard InChI is InChI=1S/C24H29N5O5S/c1-3-28-16-21(26-27-28)7-6-19(13-24(30)31)18-5-4-17(2)20(12-18)15-29-10-11-34-22-8-9-25-14-23(22)35(29,32)33/h4-5,8-9,12,14,16,19H,3,6-7,10-11,13,15H2,1-2H3,(H,30,31). The summed E-state index contributed by atoms with van der Waals surface area (Å²) in [6.45, 7) is 5.21. The van der Waals surface area contributed by atoms with Gasteiger partial charge in [-0.1, -0.05) is 23.4 Å². The summed E-state index contributed by atoms with van der Waals surface area (Å²) in [5.41, 5.74) is 3.44. The number of ether oxygens (including phenoxy) is 1. The molecule has 11 heteroatoms. The van der Waals surface area contributed by atoms with Crippen LogP contribution in [0.3, 0.4) is 0 Å². The molecule has 1 aliphatic heterocycles. The maximum atomic E-state index is 13.3. The van der Waals surface area contributed by atoms with Gasteiger partial charge < -0.3 is 9.84 Å². The number of carbonyl (C=O) groups is 1. The third-order valence-electron chi connectivity index (χ3n) is 6.23. The summed E-state index contributed by atoms with van der Waals surface area (Å²) in [6, 6.07) is 7.33. The second kappa shape index (κ2) is 10.5. The number of nitrogens with zero attached hydrogens (tertiary/aromatic N) is 5. The smallest absolute Gasteiger partial charge is 0.303 e. The molecule has 1 N–H and O–H groups in total. The molecule has 186 valence electrons. The molecule has 1 unspecified atom stereocenters. The summed E-state index contributed by atoms with van der Waals surface area (Å²) in [7, 11) is -3.80. The molecule has 2 aromatic heterocycles. The molecule has 0 spiro atoms. The Bertz CT molecular complexity index is 1310. The fourth-order valence-electron chi connectivity index (χ4n) is 4.19. The highest BCUT2D eigenvalue weighted by molar-refractivity contribution is 7.89. The highest BCUT2D eigenvalue weighted by Crippen LogP contribution is 2.31. The molecule has 1 aliphatic rings. The lowest BCUT2D eigenvalue weighted by Crippen LogP contribution is -2.32. The molecule has 0 radical (unpaired) electrons. The number of aromatic nitrogens is 4. The van der Waals surface area contributed by atoms with Crippen molar-refractivity contribution < 1.29 is 23.1 Å². The van der Waals surface area contributed by atoms with E-state index in [9.17, 15) is 18.3 Å². The van der Waals surface area contributed by atoms with E-state index < -0.39 is 16.0 Å². The van der Waals surface area contributed by atoms with Crippen LogP contribution in [0.15, 0.2) is 47.8 Å². The summed E-state index contributed by atoms with van der Waals surface area (Å²) < 4.78 is 35.4. The number of benzene rings is 1. The van der Waals surface area contributed by atoms with Crippen LogP contribution < -0.4 is 4.74 Å². The largest absolute Gasteiger partial charge is 0.491 e. The summed E-state index contributed by atoms with van der Waals surface area (Å²) in [6.07, 6.45) is 5.85. The number of sulfonamides is 1. The van der Waals surface area contributed by atoms with E-state index >= 15 is 0 Å². The van der Waals surface area contributed by atoms with Gasteiger partial charge in [0.2, 0.25) is 10.0 Å². The zero-order valence-corrected chi connectivity index (χ0v) is 20.6. The van der Waals surface area contributed by atoms with Gasteiger partial charge in [0, 0.05) is 32.0 Å². The SMILES string of the molecule is CCn1cc(CCC(CC(=O)O)c2ccc(C)c(CN3CCOc4ccncc4S3(=O)=O)c2)nn1. The van der Waals surface area contributed by atoms with Crippen molar-refractivity contribution in [3.8, 4) is 5.75 Å². The molecule has 3 aromatic rings. The number of hydrogen-bond donors (Lipinski definition) is 1. The van der Waals surface area contributed by atoms with Crippen LogP contribution >= 0.6 is 0 Å². The van der Waals surface area contributed by atoms with Gasteiger partial charge in [-0.2, -0.15) is 4.31 Å². The first-order valence-electron chi connectivity index (χ1n) is 11.5. The molecule has 0 amide bonds. The predicted octanol–water partition coefficient (Wildman–Crippen LogP) is 2.78. The Balaban J connectivity index is 1.58. The number of pyridine rings is 1. The first-order valence-corrected chi connectivity index (χ1v) is 13.0. The van der Waals surface area contributed by atoms with E-state index in [1.165, 1.54) is 16.7 Å². The van der Waals surface area contributed by atoms with Gasteiger partial charge in [0.1, 0.15) is 17.3 Å². The summed E-state index contributed by atoms with van der Waals surface area (Å²) in [4.78, 5) is 15.6. The number of rotatable bonds is 9. The van der Waals surface area contributed by atoms with Crippen molar-refractivity contribution in [3.05, 3.63) is 65.2 Å². The predicted molar refractivity (Wildman–Crippen MR) is 128 cm³/mol. The van der Waals surface area contributed by atoms with Gasteiger partial charge in [0.15, 0.2) is 0 Å². The van der Waals surface area contributed by atoms with Crippen LogP contribution in [-0.4, -0.2) is 56.9 Å². The first-order chi connectivity index (χ1) is 16.8. The number of carboxylic acids is 1. The van der Waals surface area contributed by atoms with Gasteiger partial charge in [-0.15, -0.1) is 5.10 Å². The molecule has 0 saturated carbocycles. The van der Waals surface area contributed by atoms with Gasteiger partial charge >= 0.3 is 5.97 Å². The number of fused-ring (bicyclic) bond motifs is 1. The summed E-state index contributed by atoms with van der Waals surface area (Å²) in [5.74, 6) is -0.826. The van der Waals surface area contributed by atoms with Gasteiger partial charge in [0.05, 0.1) is 18.3 Å². The van der Waals surface area contributed by atoms with Crippen LogP contribution in [0.1, 0.15) is 48.1 Å². The normalized spacial score (nSPS) is 16.2. The Hall–Kier alpha value is -3.31. The zero-order valence-electron chi connectivity index (χ0n) is 19.8. The zero-order chi connectivity index (χ0) is 25.0. The fourth-order valence-corrected chi connectivity index (χ4v) is 5.67. The van der Waals surface area contributed by atoms with Crippen LogP contribution in [-0.2, 0) is 34.3 Å². The minimum absolute atomic E-state index is 0.0285. The van der Waals surface area contributed by atoms with Crippen LogP contribution in [0.4, 0.5) is 0 Å². The third-order valence-corrected chi connectivity index (χ3v) is 8.09. The van der Waals surface area contributed by atoms with E-state index in [1.807, 2.05) is 38.2 Å².